The Hall–Kier alpha value is -3.52. The number of rotatable bonds is 7. The van der Waals surface area contributed by atoms with Crippen molar-refractivity contribution in [1.82, 2.24) is 4.90 Å². The van der Waals surface area contributed by atoms with Crippen LogP contribution >= 0.6 is 0 Å². The van der Waals surface area contributed by atoms with Crippen molar-refractivity contribution in [3.63, 3.8) is 0 Å². The fourth-order valence-electron chi connectivity index (χ4n) is 4.05. The number of aliphatic hydroxyl groups excluding tert-OH is 1. The van der Waals surface area contributed by atoms with Crippen LogP contribution in [-0.2, 0) is 14.3 Å². The van der Waals surface area contributed by atoms with Crippen LogP contribution in [0.5, 0.6) is 17.2 Å². The molecular weight excluding hydrogens is 414 g/mol. The third-order valence-corrected chi connectivity index (χ3v) is 5.54. The van der Waals surface area contributed by atoms with Gasteiger partial charge in [0.25, 0.3) is 11.7 Å². The number of nitrogens with zero attached hydrogens (tertiary/aromatic N) is 1. The van der Waals surface area contributed by atoms with E-state index in [4.69, 9.17) is 18.9 Å². The van der Waals surface area contributed by atoms with Gasteiger partial charge >= 0.3 is 0 Å². The number of carbonyl (C=O) groups is 2. The molecule has 2 aromatic rings. The van der Waals surface area contributed by atoms with Gasteiger partial charge in [0.15, 0.2) is 11.5 Å². The molecule has 4 rings (SSSR count). The lowest BCUT2D eigenvalue weighted by molar-refractivity contribution is -0.140. The van der Waals surface area contributed by atoms with Crippen LogP contribution in [-0.4, -0.2) is 62.3 Å². The normalized spacial score (nSPS) is 19.3. The van der Waals surface area contributed by atoms with Gasteiger partial charge in [-0.15, -0.1) is 0 Å². The van der Waals surface area contributed by atoms with E-state index in [-0.39, 0.29) is 11.3 Å². The minimum Gasteiger partial charge on any atom is -0.507 e. The monoisotopic (exact) mass is 439 g/mol. The maximum Gasteiger partial charge on any atom is 0.295 e. The second-order valence-electron chi connectivity index (χ2n) is 7.44. The van der Waals surface area contributed by atoms with E-state index in [9.17, 15) is 14.7 Å². The van der Waals surface area contributed by atoms with Gasteiger partial charge in [-0.2, -0.15) is 0 Å². The number of hydrogen-bond acceptors (Lipinski definition) is 7. The number of hydrogen-bond donors (Lipinski definition) is 1. The number of likely N-dealkylation sites (tertiary alicyclic amines) is 1. The fourth-order valence-corrected chi connectivity index (χ4v) is 4.05. The summed E-state index contributed by atoms with van der Waals surface area (Å²) in [5, 5.41) is 11.2. The molecule has 0 radical (unpaired) electrons. The second kappa shape index (κ2) is 9.32. The Morgan fingerprint density at radius 3 is 2.59 bits per heavy atom. The van der Waals surface area contributed by atoms with Gasteiger partial charge in [-0.25, -0.2) is 0 Å². The molecule has 1 atom stereocenters. The molecule has 8 nitrogen and oxygen atoms in total. The molecule has 2 aromatic carbocycles. The number of methoxy groups -OCH3 is 2. The molecular formula is C24H25NO7. The number of ether oxygens (including phenoxy) is 4. The first-order valence-electron chi connectivity index (χ1n) is 10.4. The third kappa shape index (κ3) is 3.89. The predicted octanol–water partition coefficient (Wildman–Crippen LogP) is 2.92. The molecule has 0 saturated carbocycles. The minimum atomic E-state index is -0.795. The Morgan fingerprint density at radius 2 is 1.84 bits per heavy atom. The number of benzene rings is 2. The summed E-state index contributed by atoms with van der Waals surface area (Å²) in [6, 6.07) is 11.3. The number of fused-ring (bicyclic) bond motifs is 1. The molecule has 32 heavy (non-hydrogen) atoms. The van der Waals surface area contributed by atoms with Crippen molar-refractivity contribution < 1.29 is 33.6 Å². The molecule has 0 spiro atoms. The molecule has 0 aliphatic carbocycles. The maximum absolute atomic E-state index is 13.1. The lowest BCUT2D eigenvalue weighted by Gasteiger charge is -2.26. The highest BCUT2D eigenvalue weighted by atomic mass is 16.6. The number of carbonyl (C=O) groups excluding carboxylic acids is 2. The topological polar surface area (TPSA) is 94.5 Å². The number of Topliss-reactive ketones (excluding diaryl/α,β-unsaturated/α-hetero) is 1. The predicted molar refractivity (Wildman–Crippen MR) is 116 cm³/mol. The van der Waals surface area contributed by atoms with E-state index in [0.717, 1.165) is 0 Å². The Balaban J connectivity index is 1.84. The van der Waals surface area contributed by atoms with Crippen molar-refractivity contribution in [3.8, 4) is 17.2 Å². The standard InChI is InChI=1S/C24H25NO7/c1-29-11-5-10-25-21(16-6-3-4-7-17(16)30-2)20(23(27)24(25)28)22(26)15-8-9-18-19(14-15)32-13-12-31-18/h3-4,6-9,14,21,26H,5,10-13H2,1-2H3/b22-20+. The lowest BCUT2D eigenvalue weighted by atomic mass is 9.94. The highest BCUT2D eigenvalue weighted by Gasteiger charge is 2.46. The summed E-state index contributed by atoms with van der Waals surface area (Å²) in [5.74, 6) is -0.130. The van der Waals surface area contributed by atoms with Crippen molar-refractivity contribution >= 4 is 17.4 Å². The van der Waals surface area contributed by atoms with Gasteiger partial charge in [0.1, 0.15) is 24.7 Å². The largest absolute Gasteiger partial charge is 0.507 e. The first-order chi connectivity index (χ1) is 15.6. The maximum atomic E-state index is 13.1. The van der Waals surface area contributed by atoms with Crippen LogP contribution in [0.4, 0.5) is 0 Å². The Kier molecular flexibility index (Phi) is 6.32. The molecule has 1 unspecified atom stereocenters. The number of aliphatic hydroxyl groups is 1. The number of para-hydroxylation sites is 1. The Bertz CT molecular complexity index is 1060. The van der Waals surface area contributed by atoms with E-state index >= 15 is 0 Å². The van der Waals surface area contributed by atoms with Crippen molar-refractivity contribution in [1.29, 1.82) is 0 Å². The highest BCUT2D eigenvalue weighted by Crippen LogP contribution is 2.43. The van der Waals surface area contributed by atoms with Gasteiger partial charge in [-0.1, -0.05) is 18.2 Å². The number of amides is 1. The highest BCUT2D eigenvalue weighted by molar-refractivity contribution is 6.46. The fraction of sp³-hybridized carbons (Fsp3) is 0.333. The van der Waals surface area contributed by atoms with Crippen LogP contribution in [0.25, 0.3) is 5.76 Å². The second-order valence-corrected chi connectivity index (χ2v) is 7.44. The Labute approximate surface area is 185 Å². The molecule has 1 amide bonds. The van der Waals surface area contributed by atoms with Gasteiger partial charge in [0.2, 0.25) is 0 Å². The first-order valence-corrected chi connectivity index (χ1v) is 10.4. The first kappa shape index (κ1) is 21.7. The molecule has 2 aliphatic heterocycles. The summed E-state index contributed by atoms with van der Waals surface area (Å²) in [6.07, 6.45) is 0.541. The van der Waals surface area contributed by atoms with Crippen LogP contribution in [0.3, 0.4) is 0 Å². The zero-order chi connectivity index (χ0) is 22.7. The summed E-state index contributed by atoms with van der Waals surface area (Å²) in [4.78, 5) is 27.5. The molecule has 0 bridgehead atoms. The molecule has 168 valence electrons. The van der Waals surface area contributed by atoms with E-state index in [1.807, 2.05) is 0 Å². The molecule has 1 saturated heterocycles. The lowest BCUT2D eigenvalue weighted by Crippen LogP contribution is -2.31. The van der Waals surface area contributed by atoms with Gasteiger partial charge in [-0.05, 0) is 30.7 Å². The third-order valence-electron chi connectivity index (χ3n) is 5.54. The van der Waals surface area contributed by atoms with Gasteiger partial charge in [0.05, 0.1) is 18.7 Å². The van der Waals surface area contributed by atoms with Crippen molar-refractivity contribution in [2.45, 2.75) is 12.5 Å². The molecule has 2 heterocycles. The number of ketones is 1. The van der Waals surface area contributed by atoms with Crippen molar-refractivity contribution in [3.05, 3.63) is 59.2 Å². The molecule has 0 aromatic heterocycles. The van der Waals surface area contributed by atoms with Crippen LogP contribution < -0.4 is 14.2 Å². The molecule has 2 aliphatic rings. The van der Waals surface area contributed by atoms with E-state index in [1.165, 1.54) is 12.0 Å². The van der Waals surface area contributed by atoms with Crippen LogP contribution in [0.2, 0.25) is 0 Å². The molecule has 1 N–H and O–H groups in total. The van der Waals surface area contributed by atoms with Gasteiger partial charge in [-0.3, -0.25) is 9.59 Å². The Morgan fingerprint density at radius 1 is 1.09 bits per heavy atom. The van der Waals surface area contributed by atoms with E-state index in [0.29, 0.717) is 61.2 Å². The van der Waals surface area contributed by atoms with Crippen molar-refractivity contribution in [2.24, 2.45) is 0 Å². The van der Waals surface area contributed by atoms with Crippen LogP contribution in [0, 0.1) is 0 Å². The van der Waals surface area contributed by atoms with Crippen molar-refractivity contribution in [2.75, 3.05) is 40.6 Å². The average Bonchev–Trinajstić information content (AvgIpc) is 3.08. The van der Waals surface area contributed by atoms with Gasteiger partial charge < -0.3 is 29.0 Å². The van der Waals surface area contributed by atoms with E-state index < -0.39 is 17.7 Å². The summed E-state index contributed by atoms with van der Waals surface area (Å²) in [7, 11) is 3.10. The summed E-state index contributed by atoms with van der Waals surface area (Å²) >= 11 is 0. The van der Waals surface area contributed by atoms with Crippen LogP contribution in [0.15, 0.2) is 48.0 Å². The van der Waals surface area contributed by atoms with E-state index in [2.05, 4.69) is 0 Å². The summed E-state index contributed by atoms with van der Waals surface area (Å²) in [6.45, 7) is 1.56. The minimum absolute atomic E-state index is 0.00796. The van der Waals surface area contributed by atoms with Gasteiger partial charge in [0, 0.05) is 31.4 Å². The molecule has 1 fully saturated rings. The zero-order valence-corrected chi connectivity index (χ0v) is 18.0. The van der Waals surface area contributed by atoms with Crippen LogP contribution in [0.1, 0.15) is 23.6 Å². The average molecular weight is 439 g/mol. The SMILES string of the molecule is COCCCN1C(=O)C(=O)/C(=C(/O)c2ccc3c(c2)OCCO3)C1c1ccccc1OC. The summed E-state index contributed by atoms with van der Waals surface area (Å²) in [5.41, 5.74) is 0.989. The zero-order valence-electron chi connectivity index (χ0n) is 18.0. The quantitative estimate of drug-likeness (QED) is 0.307. The smallest absolute Gasteiger partial charge is 0.295 e. The van der Waals surface area contributed by atoms with E-state index in [1.54, 1.807) is 49.6 Å². The summed E-state index contributed by atoms with van der Waals surface area (Å²) < 4.78 is 21.7. The molecule has 8 heteroatoms.